The molecule has 1 aliphatic rings. The lowest BCUT2D eigenvalue weighted by molar-refractivity contribution is 0.0926. The summed E-state index contributed by atoms with van der Waals surface area (Å²) in [6.45, 7) is 0. The van der Waals surface area contributed by atoms with Gasteiger partial charge in [0, 0.05) is 5.56 Å². The van der Waals surface area contributed by atoms with E-state index in [2.05, 4.69) is 0 Å². The summed E-state index contributed by atoms with van der Waals surface area (Å²) in [6.07, 6.45) is 0. The molecule has 3 rings (SSSR count). The molecule has 2 aromatic rings. The van der Waals surface area contributed by atoms with Crippen molar-refractivity contribution in [2.75, 3.05) is 4.90 Å². The Labute approximate surface area is 120 Å². The second kappa shape index (κ2) is 4.54. The molecule has 0 spiro atoms. The van der Waals surface area contributed by atoms with Gasteiger partial charge in [0.25, 0.3) is 11.8 Å². The second-order valence-corrected chi connectivity index (χ2v) is 4.84. The summed E-state index contributed by atoms with van der Waals surface area (Å²) in [5, 5.41) is 0. The van der Waals surface area contributed by atoms with Crippen LogP contribution in [0.1, 0.15) is 26.3 Å². The fourth-order valence-corrected chi connectivity index (χ4v) is 2.33. The standard InChI is InChI=1S/C15H10N2O2S/c16-13(20)9-5-7-10(8-6-9)17-14(18)11-3-1-2-4-12(11)15(17)19/h1-8H,(H2,16,20). The Bertz CT molecular complexity index is 703. The lowest BCUT2D eigenvalue weighted by Gasteiger charge is -2.14. The molecule has 0 saturated carbocycles. The van der Waals surface area contributed by atoms with Crippen molar-refractivity contribution in [1.29, 1.82) is 0 Å². The second-order valence-electron chi connectivity index (χ2n) is 4.40. The minimum Gasteiger partial charge on any atom is -0.389 e. The number of amides is 2. The van der Waals surface area contributed by atoms with Crippen LogP contribution in [0.25, 0.3) is 0 Å². The number of nitrogens with two attached hydrogens (primary N) is 1. The van der Waals surface area contributed by atoms with Gasteiger partial charge in [-0.05, 0) is 36.4 Å². The van der Waals surface area contributed by atoms with E-state index in [-0.39, 0.29) is 16.8 Å². The van der Waals surface area contributed by atoms with Crippen LogP contribution in [0.3, 0.4) is 0 Å². The number of hydrogen-bond donors (Lipinski definition) is 1. The molecule has 98 valence electrons. The molecule has 2 aromatic carbocycles. The van der Waals surface area contributed by atoms with Crippen LogP contribution >= 0.6 is 12.2 Å². The van der Waals surface area contributed by atoms with E-state index in [9.17, 15) is 9.59 Å². The van der Waals surface area contributed by atoms with Gasteiger partial charge in [0.15, 0.2) is 0 Å². The average molecular weight is 282 g/mol. The van der Waals surface area contributed by atoms with Crippen LogP contribution in [0.4, 0.5) is 5.69 Å². The Morgan fingerprint density at radius 1 is 0.900 bits per heavy atom. The van der Waals surface area contributed by atoms with Crippen LogP contribution in [-0.4, -0.2) is 16.8 Å². The Kier molecular flexibility index (Phi) is 2.84. The molecular weight excluding hydrogens is 272 g/mol. The first-order valence-electron chi connectivity index (χ1n) is 5.97. The largest absolute Gasteiger partial charge is 0.389 e. The Morgan fingerprint density at radius 3 is 1.85 bits per heavy atom. The molecule has 1 aliphatic heterocycles. The zero-order valence-electron chi connectivity index (χ0n) is 10.4. The topological polar surface area (TPSA) is 63.4 Å². The third-order valence-electron chi connectivity index (χ3n) is 3.20. The van der Waals surface area contributed by atoms with Gasteiger partial charge in [-0.2, -0.15) is 0 Å². The number of carbonyl (C=O) groups is 2. The molecule has 0 radical (unpaired) electrons. The quantitative estimate of drug-likeness (QED) is 0.677. The van der Waals surface area contributed by atoms with Crippen molar-refractivity contribution in [1.82, 2.24) is 0 Å². The molecule has 20 heavy (non-hydrogen) atoms. The number of anilines is 1. The lowest BCUT2D eigenvalue weighted by atomic mass is 10.1. The van der Waals surface area contributed by atoms with Crippen LogP contribution in [-0.2, 0) is 0 Å². The number of fused-ring (bicyclic) bond motifs is 1. The molecular formula is C15H10N2O2S. The molecule has 0 atom stereocenters. The summed E-state index contributed by atoms with van der Waals surface area (Å²) in [4.78, 5) is 26.0. The average Bonchev–Trinajstić information content (AvgIpc) is 2.72. The molecule has 0 aromatic heterocycles. The van der Waals surface area contributed by atoms with E-state index in [1.54, 1.807) is 48.5 Å². The van der Waals surface area contributed by atoms with E-state index < -0.39 is 0 Å². The number of rotatable bonds is 2. The maximum atomic E-state index is 12.3. The van der Waals surface area contributed by atoms with Crippen LogP contribution in [0.2, 0.25) is 0 Å². The molecule has 0 fully saturated rings. The van der Waals surface area contributed by atoms with Crippen LogP contribution in [0.15, 0.2) is 48.5 Å². The third-order valence-corrected chi connectivity index (χ3v) is 3.44. The number of nitrogens with zero attached hydrogens (tertiary/aromatic N) is 1. The predicted octanol–water partition coefficient (Wildman–Crippen LogP) is 2.12. The molecule has 2 N–H and O–H groups in total. The van der Waals surface area contributed by atoms with Gasteiger partial charge in [-0.1, -0.05) is 24.4 Å². The number of hydrogen-bond acceptors (Lipinski definition) is 3. The Hall–Kier alpha value is -2.53. The fourth-order valence-electron chi connectivity index (χ4n) is 2.20. The fraction of sp³-hybridized carbons (Fsp3) is 0. The highest BCUT2D eigenvalue weighted by molar-refractivity contribution is 7.80. The van der Waals surface area contributed by atoms with Gasteiger partial charge in [-0.15, -0.1) is 0 Å². The molecule has 0 saturated heterocycles. The van der Waals surface area contributed by atoms with Gasteiger partial charge in [0.2, 0.25) is 0 Å². The van der Waals surface area contributed by atoms with Crippen molar-refractivity contribution in [3.8, 4) is 0 Å². The van der Waals surface area contributed by atoms with Gasteiger partial charge in [-0.3, -0.25) is 9.59 Å². The van der Waals surface area contributed by atoms with Crippen molar-refractivity contribution >= 4 is 34.7 Å². The third kappa shape index (κ3) is 1.80. The van der Waals surface area contributed by atoms with E-state index in [1.807, 2.05) is 0 Å². The van der Waals surface area contributed by atoms with Gasteiger partial charge < -0.3 is 5.73 Å². The molecule has 0 bridgehead atoms. The van der Waals surface area contributed by atoms with Gasteiger partial charge in [-0.25, -0.2) is 4.90 Å². The molecule has 0 aliphatic carbocycles. The van der Waals surface area contributed by atoms with Crippen molar-refractivity contribution in [3.05, 3.63) is 65.2 Å². The van der Waals surface area contributed by atoms with E-state index in [4.69, 9.17) is 18.0 Å². The summed E-state index contributed by atoms with van der Waals surface area (Å²) in [5.41, 5.74) is 7.58. The maximum Gasteiger partial charge on any atom is 0.266 e. The van der Waals surface area contributed by atoms with E-state index in [0.29, 0.717) is 22.4 Å². The first-order valence-corrected chi connectivity index (χ1v) is 6.38. The van der Waals surface area contributed by atoms with Gasteiger partial charge >= 0.3 is 0 Å². The smallest absolute Gasteiger partial charge is 0.266 e. The first-order chi connectivity index (χ1) is 9.59. The van der Waals surface area contributed by atoms with E-state index in [1.165, 1.54) is 0 Å². The Morgan fingerprint density at radius 2 is 1.40 bits per heavy atom. The summed E-state index contributed by atoms with van der Waals surface area (Å²) < 4.78 is 0. The monoisotopic (exact) mass is 282 g/mol. The molecule has 4 nitrogen and oxygen atoms in total. The normalized spacial score (nSPS) is 13.5. The highest BCUT2D eigenvalue weighted by Gasteiger charge is 2.36. The van der Waals surface area contributed by atoms with Crippen LogP contribution in [0, 0.1) is 0 Å². The summed E-state index contributed by atoms with van der Waals surface area (Å²) in [7, 11) is 0. The van der Waals surface area contributed by atoms with Crippen LogP contribution < -0.4 is 10.6 Å². The van der Waals surface area contributed by atoms with E-state index in [0.717, 1.165) is 4.90 Å². The lowest BCUT2D eigenvalue weighted by Crippen LogP contribution is -2.29. The van der Waals surface area contributed by atoms with Gasteiger partial charge in [0.1, 0.15) is 4.99 Å². The number of thiocarbonyl (C=S) groups is 1. The maximum absolute atomic E-state index is 12.3. The SMILES string of the molecule is NC(=S)c1ccc(N2C(=O)c3ccccc3C2=O)cc1. The zero-order chi connectivity index (χ0) is 14.3. The van der Waals surface area contributed by atoms with Crippen molar-refractivity contribution in [2.45, 2.75) is 0 Å². The summed E-state index contributed by atoms with van der Waals surface area (Å²) in [6, 6.07) is 13.5. The predicted molar refractivity (Wildman–Crippen MR) is 79.9 cm³/mol. The minimum atomic E-state index is -0.311. The Balaban J connectivity index is 2.02. The molecule has 2 amide bonds. The summed E-state index contributed by atoms with van der Waals surface area (Å²) >= 11 is 4.87. The highest BCUT2D eigenvalue weighted by atomic mass is 32.1. The van der Waals surface area contributed by atoms with Gasteiger partial charge in [0.05, 0.1) is 16.8 Å². The number of benzene rings is 2. The first kappa shape index (κ1) is 12.5. The van der Waals surface area contributed by atoms with Crippen molar-refractivity contribution < 1.29 is 9.59 Å². The number of imide groups is 1. The van der Waals surface area contributed by atoms with Crippen molar-refractivity contribution in [3.63, 3.8) is 0 Å². The van der Waals surface area contributed by atoms with Crippen LogP contribution in [0.5, 0.6) is 0 Å². The highest BCUT2D eigenvalue weighted by Crippen LogP contribution is 2.28. The molecule has 0 unspecified atom stereocenters. The summed E-state index contributed by atoms with van der Waals surface area (Å²) in [5.74, 6) is -0.623. The van der Waals surface area contributed by atoms with Crippen molar-refractivity contribution in [2.24, 2.45) is 5.73 Å². The molecule has 5 heteroatoms. The number of carbonyl (C=O) groups excluding carboxylic acids is 2. The van der Waals surface area contributed by atoms with E-state index >= 15 is 0 Å². The zero-order valence-corrected chi connectivity index (χ0v) is 11.2. The molecule has 1 heterocycles. The minimum absolute atomic E-state index is 0.277.